The summed E-state index contributed by atoms with van der Waals surface area (Å²) in [7, 11) is 0. The predicted molar refractivity (Wildman–Crippen MR) is 121 cm³/mol. The maximum atomic E-state index is 13.5. The lowest BCUT2D eigenvalue weighted by Crippen LogP contribution is -2.46. The van der Waals surface area contributed by atoms with E-state index in [2.05, 4.69) is 4.98 Å². The van der Waals surface area contributed by atoms with Crippen molar-refractivity contribution in [2.75, 3.05) is 13.1 Å². The highest BCUT2D eigenvalue weighted by Crippen LogP contribution is 2.34. The third-order valence-electron chi connectivity index (χ3n) is 5.44. The fourth-order valence-corrected chi connectivity index (χ4v) is 4.25. The summed E-state index contributed by atoms with van der Waals surface area (Å²) in [6.07, 6.45) is 1.63. The SMILES string of the molecule is CC(C)Oc1ccc(C2=C(N3CC(C)OC(C)C3)C(=O)N(Cc3ccccn3)C2=O)cc1. The van der Waals surface area contributed by atoms with Crippen LogP contribution in [0.25, 0.3) is 5.57 Å². The van der Waals surface area contributed by atoms with Crippen molar-refractivity contribution in [2.24, 2.45) is 0 Å². The minimum absolute atomic E-state index is 0.0398. The average Bonchev–Trinajstić information content (AvgIpc) is 2.99. The van der Waals surface area contributed by atoms with E-state index in [1.54, 1.807) is 6.20 Å². The van der Waals surface area contributed by atoms with Crippen molar-refractivity contribution < 1.29 is 19.1 Å². The molecule has 0 spiro atoms. The zero-order valence-electron chi connectivity index (χ0n) is 18.9. The van der Waals surface area contributed by atoms with E-state index in [1.165, 1.54) is 4.90 Å². The number of hydrogen-bond donors (Lipinski definition) is 0. The van der Waals surface area contributed by atoms with Gasteiger partial charge in [0.1, 0.15) is 11.4 Å². The van der Waals surface area contributed by atoms with Gasteiger partial charge in [-0.05, 0) is 57.5 Å². The van der Waals surface area contributed by atoms with E-state index >= 15 is 0 Å². The number of nitrogens with zero attached hydrogens (tertiary/aromatic N) is 3. The minimum atomic E-state index is -0.306. The first-order chi connectivity index (χ1) is 15.3. The summed E-state index contributed by atoms with van der Waals surface area (Å²) in [5.41, 5.74) is 2.22. The van der Waals surface area contributed by atoms with Gasteiger partial charge >= 0.3 is 0 Å². The second-order valence-corrected chi connectivity index (χ2v) is 8.59. The van der Waals surface area contributed by atoms with Crippen LogP contribution in [-0.2, 0) is 20.9 Å². The van der Waals surface area contributed by atoms with Crippen LogP contribution in [-0.4, -0.2) is 58.0 Å². The molecule has 2 aliphatic heterocycles. The average molecular weight is 436 g/mol. The van der Waals surface area contributed by atoms with Gasteiger partial charge in [0.05, 0.1) is 36.1 Å². The molecule has 2 atom stereocenters. The van der Waals surface area contributed by atoms with E-state index in [0.717, 1.165) is 5.75 Å². The van der Waals surface area contributed by atoms with Crippen LogP contribution < -0.4 is 4.74 Å². The van der Waals surface area contributed by atoms with Gasteiger partial charge in [-0.2, -0.15) is 0 Å². The Bertz CT molecular complexity index is 1010. The smallest absolute Gasteiger partial charge is 0.278 e. The van der Waals surface area contributed by atoms with Gasteiger partial charge in [0.2, 0.25) is 0 Å². The van der Waals surface area contributed by atoms with Crippen LogP contribution in [0.2, 0.25) is 0 Å². The molecular weight excluding hydrogens is 406 g/mol. The molecule has 0 radical (unpaired) electrons. The molecule has 168 valence electrons. The summed E-state index contributed by atoms with van der Waals surface area (Å²) >= 11 is 0. The summed E-state index contributed by atoms with van der Waals surface area (Å²) in [5, 5.41) is 0. The molecule has 2 aliphatic rings. The number of pyridine rings is 1. The van der Waals surface area contributed by atoms with Crippen molar-refractivity contribution in [3.05, 3.63) is 65.6 Å². The Hall–Kier alpha value is -3.19. The molecule has 2 amide bonds. The first-order valence-electron chi connectivity index (χ1n) is 11.0. The number of rotatable bonds is 6. The molecule has 1 aromatic carbocycles. The largest absolute Gasteiger partial charge is 0.491 e. The van der Waals surface area contributed by atoms with E-state index in [4.69, 9.17) is 9.47 Å². The van der Waals surface area contributed by atoms with Gasteiger partial charge in [-0.15, -0.1) is 0 Å². The lowest BCUT2D eigenvalue weighted by molar-refractivity contribution is -0.139. The maximum Gasteiger partial charge on any atom is 0.278 e. The van der Waals surface area contributed by atoms with Gasteiger partial charge < -0.3 is 14.4 Å². The van der Waals surface area contributed by atoms with E-state index in [1.807, 2.05) is 75.1 Å². The monoisotopic (exact) mass is 435 g/mol. The van der Waals surface area contributed by atoms with E-state index in [-0.39, 0.29) is 36.7 Å². The first kappa shape index (κ1) is 22.0. The van der Waals surface area contributed by atoms with Gasteiger partial charge in [0.15, 0.2) is 0 Å². The Morgan fingerprint density at radius 2 is 1.72 bits per heavy atom. The molecule has 7 heteroatoms. The Morgan fingerprint density at radius 3 is 2.31 bits per heavy atom. The molecule has 0 aliphatic carbocycles. The van der Waals surface area contributed by atoms with Crippen molar-refractivity contribution in [2.45, 2.75) is 52.6 Å². The zero-order chi connectivity index (χ0) is 22.8. The lowest BCUT2D eigenvalue weighted by atomic mass is 10.0. The predicted octanol–water partition coefficient (Wildman–Crippen LogP) is 3.26. The van der Waals surface area contributed by atoms with E-state index in [0.29, 0.717) is 35.6 Å². The fraction of sp³-hybridized carbons (Fsp3) is 0.400. The van der Waals surface area contributed by atoms with Gasteiger partial charge in [0, 0.05) is 19.3 Å². The normalized spacial score (nSPS) is 21.7. The Morgan fingerprint density at radius 1 is 1.03 bits per heavy atom. The summed E-state index contributed by atoms with van der Waals surface area (Å²) in [6.45, 7) is 9.12. The highest BCUT2D eigenvalue weighted by Gasteiger charge is 2.43. The Labute approximate surface area is 188 Å². The highest BCUT2D eigenvalue weighted by atomic mass is 16.5. The fourth-order valence-electron chi connectivity index (χ4n) is 4.25. The van der Waals surface area contributed by atoms with Crippen LogP contribution >= 0.6 is 0 Å². The topological polar surface area (TPSA) is 72.0 Å². The van der Waals surface area contributed by atoms with Gasteiger partial charge in [-0.1, -0.05) is 18.2 Å². The number of amides is 2. The number of ether oxygens (including phenoxy) is 2. The van der Waals surface area contributed by atoms with Crippen molar-refractivity contribution in [3.8, 4) is 5.75 Å². The third kappa shape index (κ3) is 4.53. The number of hydrogen-bond acceptors (Lipinski definition) is 6. The molecule has 7 nitrogen and oxygen atoms in total. The van der Waals surface area contributed by atoms with Crippen LogP contribution in [0.1, 0.15) is 39.0 Å². The summed E-state index contributed by atoms with van der Waals surface area (Å²) in [6, 6.07) is 12.8. The Balaban J connectivity index is 1.72. The van der Waals surface area contributed by atoms with Crippen molar-refractivity contribution >= 4 is 17.4 Å². The highest BCUT2D eigenvalue weighted by molar-refractivity contribution is 6.35. The molecule has 0 saturated carbocycles. The first-order valence-corrected chi connectivity index (χ1v) is 11.0. The van der Waals surface area contributed by atoms with Crippen LogP contribution in [0.15, 0.2) is 54.4 Å². The maximum absolute atomic E-state index is 13.5. The second kappa shape index (κ2) is 9.12. The molecule has 0 bridgehead atoms. The van der Waals surface area contributed by atoms with E-state index < -0.39 is 0 Å². The molecule has 1 saturated heterocycles. The van der Waals surface area contributed by atoms with Crippen LogP contribution in [0.5, 0.6) is 5.75 Å². The quantitative estimate of drug-likeness (QED) is 0.649. The molecule has 2 unspecified atom stereocenters. The molecule has 0 N–H and O–H groups in total. The lowest BCUT2D eigenvalue weighted by Gasteiger charge is -2.37. The number of carbonyl (C=O) groups is 2. The molecule has 4 rings (SSSR count). The van der Waals surface area contributed by atoms with Crippen molar-refractivity contribution in [1.29, 1.82) is 0 Å². The number of morpholine rings is 1. The third-order valence-corrected chi connectivity index (χ3v) is 5.44. The van der Waals surface area contributed by atoms with Gasteiger partial charge in [0.25, 0.3) is 11.8 Å². The number of aromatic nitrogens is 1. The summed E-state index contributed by atoms with van der Waals surface area (Å²) < 4.78 is 11.6. The standard InChI is InChI=1S/C25H29N3O4/c1-16(2)31-21-10-8-19(9-11-21)22-23(27-13-17(3)32-18(4)14-27)25(30)28(24(22)29)15-20-7-5-6-12-26-20/h5-12,16-18H,13-15H2,1-4H3. The molecule has 1 aromatic heterocycles. The van der Waals surface area contributed by atoms with Crippen LogP contribution in [0.3, 0.4) is 0 Å². The number of carbonyl (C=O) groups excluding carboxylic acids is 2. The number of imide groups is 1. The molecule has 32 heavy (non-hydrogen) atoms. The molecule has 3 heterocycles. The molecule has 1 fully saturated rings. The van der Waals surface area contributed by atoms with Crippen LogP contribution in [0, 0.1) is 0 Å². The summed E-state index contributed by atoms with van der Waals surface area (Å²) in [4.78, 5) is 34.6. The van der Waals surface area contributed by atoms with Gasteiger partial charge in [-0.25, -0.2) is 0 Å². The Kier molecular flexibility index (Phi) is 6.28. The van der Waals surface area contributed by atoms with Crippen molar-refractivity contribution in [3.63, 3.8) is 0 Å². The number of benzene rings is 1. The summed E-state index contributed by atoms with van der Waals surface area (Å²) in [5.74, 6) is 0.126. The molecular formula is C25H29N3O4. The molecule has 2 aromatic rings. The van der Waals surface area contributed by atoms with Gasteiger partial charge in [-0.3, -0.25) is 19.5 Å². The zero-order valence-corrected chi connectivity index (χ0v) is 18.9. The second-order valence-electron chi connectivity index (χ2n) is 8.59. The van der Waals surface area contributed by atoms with Crippen molar-refractivity contribution in [1.82, 2.24) is 14.8 Å². The minimum Gasteiger partial charge on any atom is -0.491 e. The van der Waals surface area contributed by atoms with Crippen LogP contribution in [0.4, 0.5) is 0 Å². The van der Waals surface area contributed by atoms with E-state index in [9.17, 15) is 9.59 Å².